The van der Waals surface area contributed by atoms with Crippen molar-refractivity contribution in [2.75, 3.05) is 13.2 Å². The molecule has 0 bridgehead atoms. The molecule has 0 spiro atoms. The van der Waals surface area contributed by atoms with Crippen LogP contribution in [0.1, 0.15) is 64.7 Å². The zero-order chi connectivity index (χ0) is 12.8. The Balaban J connectivity index is 1.66. The van der Waals surface area contributed by atoms with Crippen LogP contribution in [-0.4, -0.2) is 36.0 Å². The monoisotopic (exact) mass is 255 g/mol. The van der Waals surface area contributed by atoms with Crippen molar-refractivity contribution in [3.05, 3.63) is 0 Å². The number of nitrogens with one attached hydrogen (secondary N) is 1. The van der Waals surface area contributed by atoms with Gasteiger partial charge in [0.05, 0.1) is 11.7 Å². The van der Waals surface area contributed by atoms with Crippen LogP contribution in [-0.2, 0) is 4.74 Å². The first-order valence-corrected chi connectivity index (χ1v) is 7.79. The van der Waals surface area contributed by atoms with Crippen molar-refractivity contribution in [2.24, 2.45) is 0 Å². The molecule has 0 aromatic heterocycles. The highest BCUT2D eigenvalue weighted by Crippen LogP contribution is 2.33. The van der Waals surface area contributed by atoms with Crippen molar-refractivity contribution >= 4 is 0 Å². The number of aliphatic hydroxyl groups is 1. The van der Waals surface area contributed by atoms with Gasteiger partial charge in [0.1, 0.15) is 0 Å². The van der Waals surface area contributed by atoms with Crippen LogP contribution in [0.5, 0.6) is 0 Å². The lowest BCUT2D eigenvalue weighted by Crippen LogP contribution is -2.41. The molecule has 0 radical (unpaired) electrons. The molecule has 18 heavy (non-hydrogen) atoms. The van der Waals surface area contributed by atoms with Gasteiger partial charge in [0, 0.05) is 12.6 Å². The quantitative estimate of drug-likeness (QED) is 0.766. The summed E-state index contributed by atoms with van der Waals surface area (Å²) < 4.78 is 5.64. The second kappa shape index (κ2) is 6.88. The third-order valence-electron chi connectivity index (χ3n) is 4.55. The van der Waals surface area contributed by atoms with Crippen LogP contribution in [0.2, 0.25) is 0 Å². The Bertz CT molecular complexity index is 231. The summed E-state index contributed by atoms with van der Waals surface area (Å²) in [6, 6.07) is 0.632. The number of hydrogen-bond acceptors (Lipinski definition) is 3. The van der Waals surface area contributed by atoms with Gasteiger partial charge in [-0.3, -0.25) is 0 Å². The third kappa shape index (κ3) is 4.22. The molecule has 0 amide bonds. The second-order valence-electron chi connectivity index (χ2n) is 6.13. The Labute approximate surface area is 111 Å². The van der Waals surface area contributed by atoms with Crippen LogP contribution in [0.15, 0.2) is 0 Å². The van der Waals surface area contributed by atoms with E-state index in [0.717, 1.165) is 51.7 Å². The van der Waals surface area contributed by atoms with Crippen LogP contribution in [0.3, 0.4) is 0 Å². The summed E-state index contributed by atoms with van der Waals surface area (Å²) in [4.78, 5) is 0. The molecular formula is C15H29NO2. The Hall–Kier alpha value is -0.120. The van der Waals surface area contributed by atoms with Crippen LogP contribution >= 0.6 is 0 Å². The van der Waals surface area contributed by atoms with Gasteiger partial charge in [0.15, 0.2) is 0 Å². The zero-order valence-electron chi connectivity index (χ0n) is 11.8. The minimum absolute atomic E-state index is 0.406. The molecule has 1 unspecified atom stereocenters. The predicted octanol–water partition coefficient (Wildman–Crippen LogP) is 2.62. The fraction of sp³-hybridized carbons (Fsp3) is 1.00. The summed E-state index contributed by atoms with van der Waals surface area (Å²) >= 11 is 0. The van der Waals surface area contributed by atoms with Crippen LogP contribution in [0, 0.1) is 0 Å². The normalized spacial score (nSPS) is 37.0. The van der Waals surface area contributed by atoms with Gasteiger partial charge in [0.25, 0.3) is 0 Å². The molecule has 1 heterocycles. The van der Waals surface area contributed by atoms with E-state index in [1.165, 1.54) is 19.3 Å². The largest absolute Gasteiger partial charge is 0.390 e. The molecule has 3 nitrogen and oxygen atoms in total. The van der Waals surface area contributed by atoms with Gasteiger partial charge in [-0.05, 0) is 64.3 Å². The third-order valence-corrected chi connectivity index (χ3v) is 4.55. The number of hydrogen-bond donors (Lipinski definition) is 2. The second-order valence-corrected chi connectivity index (χ2v) is 6.13. The van der Waals surface area contributed by atoms with Crippen molar-refractivity contribution in [1.82, 2.24) is 5.32 Å². The first-order valence-electron chi connectivity index (χ1n) is 7.79. The first kappa shape index (κ1) is 14.3. The molecule has 1 atom stereocenters. The maximum atomic E-state index is 10.6. The van der Waals surface area contributed by atoms with E-state index in [1.807, 2.05) is 0 Å². The Kier molecular flexibility index (Phi) is 5.46. The smallest absolute Gasteiger partial charge is 0.0650 e. The summed E-state index contributed by atoms with van der Waals surface area (Å²) in [5.74, 6) is 0. The fourth-order valence-electron chi connectivity index (χ4n) is 3.26. The molecule has 1 aliphatic carbocycles. The highest BCUT2D eigenvalue weighted by Gasteiger charge is 2.33. The minimum atomic E-state index is -0.406. The minimum Gasteiger partial charge on any atom is -0.390 e. The van der Waals surface area contributed by atoms with E-state index in [1.54, 1.807) is 0 Å². The van der Waals surface area contributed by atoms with E-state index in [9.17, 15) is 5.11 Å². The summed E-state index contributed by atoms with van der Waals surface area (Å²) in [7, 11) is 0. The molecule has 1 saturated carbocycles. The SMILES string of the molecule is CCCNC1CCC(O)(CCC2CCCO2)CC1. The Morgan fingerprint density at radius 3 is 2.67 bits per heavy atom. The molecule has 3 heteroatoms. The van der Waals surface area contributed by atoms with Gasteiger partial charge in [-0.1, -0.05) is 6.92 Å². The maximum Gasteiger partial charge on any atom is 0.0650 e. The van der Waals surface area contributed by atoms with E-state index in [0.29, 0.717) is 12.1 Å². The van der Waals surface area contributed by atoms with Gasteiger partial charge < -0.3 is 15.2 Å². The van der Waals surface area contributed by atoms with Crippen molar-refractivity contribution in [1.29, 1.82) is 0 Å². The van der Waals surface area contributed by atoms with Gasteiger partial charge in [-0.15, -0.1) is 0 Å². The van der Waals surface area contributed by atoms with E-state index >= 15 is 0 Å². The van der Waals surface area contributed by atoms with Gasteiger partial charge in [0.2, 0.25) is 0 Å². The zero-order valence-corrected chi connectivity index (χ0v) is 11.8. The van der Waals surface area contributed by atoms with Crippen molar-refractivity contribution in [3.63, 3.8) is 0 Å². The van der Waals surface area contributed by atoms with Crippen molar-refractivity contribution < 1.29 is 9.84 Å². The lowest BCUT2D eigenvalue weighted by molar-refractivity contribution is -0.0241. The van der Waals surface area contributed by atoms with E-state index in [2.05, 4.69) is 12.2 Å². The average Bonchev–Trinajstić information content (AvgIpc) is 2.89. The van der Waals surface area contributed by atoms with Crippen LogP contribution in [0.4, 0.5) is 0 Å². The summed E-state index contributed by atoms with van der Waals surface area (Å²) in [5, 5.41) is 14.2. The van der Waals surface area contributed by atoms with Gasteiger partial charge >= 0.3 is 0 Å². The highest BCUT2D eigenvalue weighted by atomic mass is 16.5. The highest BCUT2D eigenvalue weighted by molar-refractivity contribution is 4.88. The summed E-state index contributed by atoms with van der Waals surface area (Å²) in [6.45, 7) is 4.24. The molecular weight excluding hydrogens is 226 g/mol. The van der Waals surface area contributed by atoms with Crippen molar-refractivity contribution in [2.45, 2.75) is 82.5 Å². The molecule has 0 aromatic rings. The molecule has 2 fully saturated rings. The average molecular weight is 255 g/mol. The Morgan fingerprint density at radius 1 is 1.28 bits per heavy atom. The van der Waals surface area contributed by atoms with E-state index in [4.69, 9.17) is 4.74 Å². The molecule has 0 aromatic carbocycles. The molecule has 2 aliphatic rings. The lowest BCUT2D eigenvalue weighted by atomic mass is 9.79. The van der Waals surface area contributed by atoms with Crippen molar-refractivity contribution in [3.8, 4) is 0 Å². The van der Waals surface area contributed by atoms with E-state index in [-0.39, 0.29) is 0 Å². The first-order chi connectivity index (χ1) is 8.72. The topological polar surface area (TPSA) is 41.5 Å². The number of ether oxygens (including phenoxy) is 1. The fourth-order valence-corrected chi connectivity index (χ4v) is 3.26. The molecule has 106 valence electrons. The predicted molar refractivity (Wildman–Crippen MR) is 73.7 cm³/mol. The summed E-state index contributed by atoms with van der Waals surface area (Å²) in [5.41, 5.74) is -0.406. The van der Waals surface area contributed by atoms with E-state index < -0.39 is 5.60 Å². The maximum absolute atomic E-state index is 10.6. The van der Waals surface area contributed by atoms with Crippen LogP contribution < -0.4 is 5.32 Å². The number of rotatable bonds is 6. The standard InChI is InChI=1S/C15H29NO2/c1-2-11-16-13-5-8-15(17,9-6-13)10-7-14-4-3-12-18-14/h13-14,16-17H,2-12H2,1H3. The summed E-state index contributed by atoms with van der Waals surface area (Å²) in [6.07, 6.45) is 10.2. The molecule has 2 rings (SSSR count). The van der Waals surface area contributed by atoms with Gasteiger partial charge in [-0.2, -0.15) is 0 Å². The molecule has 1 aliphatic heterocycles. The van der Waals surface area contributed by atoms with Gasteiger partial charge in [-0.25, -0.2) is 0 Å². The Morgan fingerprint density at radius 2 is 2.06 bits per heavy atom. The molecule has 2 N–H and O–H groups in total. The van der Waals surface area contributed by atoms with Crippen LogP contribution in [0.25, 0.3) is 0 Å². The lowest BCUT2D eigenvalue weighted by Gasteiger charge is -2.37. The molecule has 1 saturated heterocycles.